The Morgan fingerprint density at radius 2 is 1.80 bits per heavy atom. The number of esters is 1. The number of Topliss-reactive ketones (excluding diaryl/α,β-unsaturated/α-hetero) is 1. The largest absolute Gasteiger partial charge is 0.462 e. The number of ether oxygens (including phenoxy) is 2. The second kappa shape index (κ2) is 6.99. The van der Waals surface area contributed by atoms with Crippen LogP contribution in [0.3, 0.4) is 0 Å². The Morgan fingerprint density at radius 1 is 1.13 bits per heavy atom. The maximum absolute atomic E-state index is 13.2. The Kier molecular flexibility index (Phi) is 5.17. The van der Waals surface area contributed by atoms with Gasteiger partial charge in [-0.15, -0.1) is 0 Å². The summed E-state index contributed by atoms with van der Waals surface area (Å²) < 4.78 is 10.9. The van der Waals surface area contributed by atoms with Crippen molar-refractivity contribution in [2.75, 3.05) is 13.7 Å². The molecule has 7 heteroatoms. The first-order valence-corrected chi connectivity index (χ1v) is 11.2. The highest BCUT2D eigenvalue weighted by Gasteiger charge is 2.76. The molecule has 1 spiro atoms. The molecule has 30 heavy (non-hydrogen) atoms. The minimum Gasteiger partial charge on any atom is -0.462 e. The Labute approximate surface area is 178 Å². The fraction of sp³-hybridized carbons (Fsp3) is 0.913. The lowest BCUT2D eigenvalue weighted by Crippen LogP contribution is -2.70. The number of methoxy groups -OCH3 is 1. The summed E-state index contributed by atoms with van der Waals surface area (Å²) >= 11 is 0. The van der Waals surface area contributed by atoms with Crippen LogP contribution in [0.1, 0.15) is 53.4 Å². The van der Waals surface area contributed by atoms with E-state index in [9.17, 15) is 24.9 Å². The van der Waals surface area contributed by atoms with Crippen molar-refractivity contribution in [2.24, 2.45) is 39.9 Å². The molecule has 7 nitrogen and oxygen atoms in total. The van der Waals surface area contributed by atoms with E-state index in [2.05, 4.69) is 20.8 Å². The standard InChI is InChI=1S/C23H36O7/c1-11(24)30-17-6-7-22(4)14(21(17,2)3)9-16(26)23-15(22)8-13(25)18(20(23)28)12(10-29-5)19(23)27/h12,14-20,26-28H,6-10H2,1-5H3. The molecule has 3 N–H and O–H groups in total. The summed E-state index contributed by atoms with van der Waals surface area (Å²) in [6, 6.07) is 0. The second-order valence-corrected chi connectivity index (χ2v) is 11.0. The number of rotatable bonds is 3. The predicted molar refractivity (Wildman–Crippen MR) is 107 cm³/mol. The molecule has 0 amide bonds. The van der Waals surface area contributed by atoms with E-state index in [0.717, 1.165) is 0 Å². The van der Waals surface area contributed by atoms with E-state index in [4.69, 9.17) is 9.47 Å². The van der Waals surface area contributed by atoms with E-state index in [1.54, 1.807) is 0 Å². The Bertz CT molecular complexity index is 735. The normalized spacial score (nSPS) is 51.8. The zero-order valence-corrected chi connectivity index (χ0v) is 18.6. The first-order chi connectivity index (χ1) is 13.9. The molecule has 4 fully saturated rings. The third-order valence-corrected chi connectivity index (χ3v) is 9.58. The van der Waals surface area contributed by atoms with Gasteiger partial charge in [0.05, 0.1) is 36.3 Å². The Morgan fingerprint density at radius 3 is 2.40 bits per heavy atom. The van der Waals surface area contributed by atoms with Crippen LogP contribution >= 0.6 is 0 Å². The number of hydrogen-bond acceptors (Lipinski definition) is 7. The molecule has 4 saturated carbocycles. The summed E-state index contributed by atoms with van der Waals surface area (Å²) in [6.45, 7) is 7.86. The number of hydrogen-bond donors (Lipinski definition) is 3. The molecule has 0 aromatic rings. The van der Waals surface area contributed by atoms with Crippen molar-refractivity contribution in [3.05, 3.63) is 0 Å². The van der Waals surface area contributed by atoms with Crippen LogP contribution in [0, 0.1) is 39.9 Å². The molecule has 10 unspecified atom stereocenters. The van der Waals surface area contributed by atoms with Gasteiger partial charge in [-0.05, 0) is 36.5 Å². The van der Waals surface area contributed by atoms with Crippen molar-refractivity contribution >= 4 is 11.8 Å². The molecule has 0 radical (unpaired) electrons. The zero-order valence-electron chi connectivity index (χ0n) is 18.6. The van der Waals surface area contributed by atoms with Crippen molar-refractivity contribution in [2.45, 2.75) is 77.8 Å². The van der Waals surface area contributed by atoms with Crippen LogP contribution < -0.4 is 0 Å². The van der Waals surface area contributed by atoms with Crippen molar-refractivity contribution in [1.82, 2.24) is 0 Å². The third kappa shape index (κ3) is 2.58. The molecule has 0 aromatic heterocycles. The molecular weight excluding hydrogens is 388 g/mol. The molecular formula is C23H36O7. The molecule has 4 aliphatic rings. The van der Waals surface area contributed by atoms with E-state index >= 15 is 0 Å². The zero-order chi connectivity index (χ0) is 22.2. The molecule has 0 aromatic carbocycles. The smallest absolute Gasteiger partial charge is 0.302 e. The second-order valence-electron chi connectivity index (χ2n) is 11.0. The summed E-state index contributed by atoms with van der Waals surface area (Å²) in [5.41, 5.74) is -1.90. The monoisotopic (exact) mass is 424 g/mol. The average Bonchev–Trinajstić information content (AvgIpc) is 2.79. The van der Waals surface area contributed by atoms with E-state index in [1.807, 2.05) is 0 Å². The van der Waals surface area contributed by atoms with Crippen LogP contribution in [-0.4, -0.2) is 65.2 Å². The van der Waals surface area contributed by atoms with Gasteiger partial charge in [0.25, 0.3) is 0 Å². The van der Waals surface area contributed by atoms with Gasteiger partial charge in [0.1, 0.15) is 11.9 Å². The van der Waals surface area contributed by atoms with Crippen LogP contribution in [0.15, 0.2) is 0 Å². The lowest BCUT2D eigenvalue weighted by molar-refractivity contribution is -0.262. The lowest BCUT2D eigenvalue weighted by Gasteiger charge is -2.67. The summed E-state index contributed by atoms with van der Waals surface area (Å²) in [6.07, 6.45) is -1.28. The van der Waals surface area contributed by atoms with Crippen LogP contribution in [0.25, 0.3) is 0 Å². The quantitative estimate of drug-likeness (QED) is 0.586. The minimum atomic E-state index is -1.13. The fourth-order valence-electron chi connectivity index (χ4n) is 8.34. The Hall–Kier alpha value is -1.02. The van der Waals surface area contributed by atoms with Crippen LogP contribution in [0.4, 0.5) is 0 Å². The van der Waals surface area contributed by atoms with Gasteiger partial charge in [-0.3, -0.25) is 9.59 Å². The number of aliphatic hydroxyl groups excluding tert-OH is 3. The van der Waals surface area contributed by atoms with Gasteiger partial charge in [0, 0.05) is 31.8 Å². The summed E-state index contributed by atoms with van der Waals surface area (Å²) in [5.74, 6) is -1.93. The molecule has 4 rings (SSSR count). The number of fused-ring (bicyclic) bond motifs is 3. The molecule has 170 valence electrons. The van der Waals surface area contributed by atoms with Gasteiger partial charge in [0.15, 0.2) is 0 Å². The average molecular weight is 425 g/mol. The van der Waals surface area contributed by atoms with Gasteiger partial charge >= 0.3 is 5.97 Å². The molecule has 0 aliphatic heterocycles. The molecule has 2 bridgehead atoms. The van der Waals surface area contributed by atoms with Gasteiger partial charge in [0.2, 0.25) is 0 Å². The van der Waals surface area contributed by atoms with Crippen LogP contribution in [0.5, 0.6) is 0 Å². The van der Waals surface area contributed by atoms with Gasteiger partial charge in [-0.2, -0.15) is 0 Å². The topological polar surface area (TPSA) is 113 Å². The third-order valence-electron chi connectivity index (χ3n) is 9.58. The van der Waals surface area contributed by atoms with Crippen LogP contribution in [-0.2, 0) is 19.1 Å². The molecule has 4 aliphatic carbocycles. The highest BCUT2D eigenvalue weighted by molar-refractivity contribution is 5.85. The number of ketones is 1. The first kappa shape index (κ1) is 22.2. The summed E-state index contributed by atoms with van der Waals surface area (Å²) in [5, 5.41) is 34.2. The first-order valence-electron chi connectivity index (χ1n) is 11.2. The van der Waals surface area contributed by atoms with Crippen molar-refractivity contribution in [3.8, 4) is 0 Å². The highest BCUT2D eigenvalue weighted by Crippen LogP contribution is 2.71. The van der Waals surface area contributed by atoms with Crippen LogP contribution in [0.2, 0.25) is 0 Å². The van der Waals surface area contributed by atoms with Crippen molar-refractivity contribution < 1.29 is 34.4 Å². The summed E-state index contributed by atoms with van der Waals surface area (Å²) in [4.78, 5) is 24.8. The van der Waals surface area contributed by atoms with Crippen molar-refractivity contribution in [3.63, 3.8) is 0 Å². The minimum absolute atomic E-state index is 0.0149. The van der Waals surface area contributed by atoms with E-state index in [-0.39, 0.29) is 48.1 Å². The van der Waals surface area contributed by atoms with E-state index in [1.165, 1.54) is 14.0 Å². The number of carbonyl (C=O) groups is 2. The highest BCUT2D eigenvalue weighted by atomic mass is 16.5. The van der Waals surface area contributed by atoms with Gasteiger partial charge in [-0.1, -0.05) is 20.8 Å². The van der Waals surface area contributed by atoms with E-state index < -0.39 is 41.0 Å². The van der Waals surface area contributed by atoms with Gasteiger partial charge < -0.3 is 24.8 Å². The maximum atomic E-state index is 13.2. The van der Waals surface area contributed by atoms with Gasteiger partial charge in [-0.25, -0.2) is 0 Å². The van der Waals surface area contributed by atoms with Crippen molar-refractivity contribution in [1.29, 1.82) is 0 Å². The number of carbonyl (C=O) groups excluding carboxylic acids is 2. The molecule has 0 saturated heterocycles. The maximum Gasteiger partial charge on any atom is 0.302 e. The molecule has 10 atom stereocenters. The fourth-order valence-corrected chi connectivity index (χ4v) is 8.34. The Balaban J connectivity index is 1.79. The van der Waals surface area contributed by atoms with E-state index in [0.29, 0.717) is 19.3 Å². The lowest BCUT2D eigenvalue weighted by atomic mass is 9.39. The SMILES string of the molecule is COCC1C2C(=O)CC3C4(C)CCC(OC(C)=O)C(C)(C)C4CC(O)C3(C1O)C2O. The number of aliphatic hydroxyl groups is 3. The predicted octanol–water partition coefficient (Wildman–Crippen LogP) is 1.31. The summed E-state index contributed by atoms with van der Waals surface area (Å²) in [7, 11) is 1.52. The molecule has 0 heterocycles.